The molecule has 0 saturated heterocycles. The van der Waals surface area contributed by atoms with E-state index >= 15 is 0 Å². The molecule has 1 heterocycles. The van der Waals surface area contributed by atoms with E-state index in [1.807, 2.05) is 26.1 Å². The van der Waals surface area contributed by atoms with Crippen molar-refractivity contribution in [3.63, 3.8) is 0 Å². The highest BCUT2D eigenvalue weighted by molar-refractivity contribution is 7.11. The molecule has 0 atom stereocenters. The normalized spacial score (nSPS) is 11.7. The smallest absolute Gasteiger partial charge is 0.387 e. The number of rotatable bonds is 7. The van der Waals surface area contributed by atoms with Crippen LogP contribution in [-0.4, -0.2) is 31.1 Å². The van der Waals surface area contributed by atoms with Crippen LogP contribution in [0.5, 0.6) is 5.75 Å². The number of guanidine groups is 1. The summed E-state index contributed by atoms with van der Waals surface area (Å²) >= 11 is 1.67. The van der Waals surface area contributed by atoms with Gasteiger partial charge in [0.15, 0.2) is 5.96 Å². The quantitative estimate of drug-likeness (QED) is 0.582. The maximum Gasteiger partial charge on any atom is 0.387 e. The highest BCUT2D eigenvalue weighted by atomic mass is 32.1. The molecule has 0 fully saturated rings. The molecule has 1 aromatic carbocycles. The van der Waals surface area contributed by atoms with Gasteiger partial charge in [0.2, 0.25) is 0 Å². The molecule has 136 valence electrons. The number of hydrogen-bond acceptors (Lipinski definition) is 4. The lowest BCUT2D eigenvalue weighted by Crippen LogP contribution is -2.38. The molecule has 2 rings (SSSR count). The summed E-state index contributed by atoms with van der Waals surface area (Å²) in [6.07, 6.45) is 2.65. The molecule has 25 heavy (non-hydrogen) atoms. The van der Waals surface area contributed by atoms with Crippen LogP contribution in [0, 0.1) is 13.8 Å². The van der Waals surface area contributed by atoms with Crippen molar-refractivity contribution in [3.8, 4) is 5.75 Å². The van der Waals surface area contributed by atoms with E-state index in [0.717, 1.165) is 17.0 Å². The van der Waals surface area contributed by atoms with Crippen molar-refractivity contribution < 1.29 is 13.5 Å². The van der Waals surface area contributed by atoms with E-state index in [9.17, 15) is 8.78 Å². The van der Waals surface area contributed by atoms with Crippen molar-refractivity contribution in [1.82, 2.24) is 15.6 Å². The molecule has 0 unspecified atom stereocenters. The molecule has 0 aliphatic heterocycles. The van der Waals surface area contributed by atoms with E-state index < -0.39 is 6.61 Å². The monoisotopic (exact) mass is 368 g/mol. The first-order valence-corrected chi connectivity index (χ1v) is 8.69. The molecule has 2 N–H and O–H groups in total. The van der Waals surface area contributed by atoms with Gasteiger partial charge in [-0.15, -0.1) is 11.3 Å². The molecular formula is C17H22F2N4OS. The predicted molar refractivity (Wildman–Crippen MR) is 96.6 cm³/mol. The number of thiazole rings is 1. The minimum atomic E-state index is -2.85. The standard InChI is InChI=1S/C17H22F2N4OS/c1-11-4-5-14(24-16(18)19)13(8-11)10-23-17(20-3)21-7-6-15-22-9-12(2)25-15/h4-5,8-9,16H,6-7,10H2,1-3H3,(H2,20,21,23). The fourth-order valence-electron chi connectivity index (χ4n) is 2.26. The van der Waals surface area contributed by atoms with Gasteiger partial charge in [0.05, 0.1) is 5.01 Å². The van der Waals surface area contributed by atoms with Crippen LogP contribution in [-0.2, 0) is 13.0 Å². The van der Waals surface area contributed by atoms with Gasteiger partial charge in [0, 0.05) is 43.2 Å². The number of aliphatic imine (C=N–C) groups is 1. The van der Waals surface area contributed by atoms with Gasteiger partial charge in [0.25, 0.3) is 0 Å². The number of nitrogens with one attached hydrogen (secondary N) is 2. The topological polar surface area (TPSA) is 58.5 Å². The lowest BCUT2D eigenvalue weighted by Gasteiger charge is -2.15. The fraction of sp³-hybridized carbons (Fsp3) is 0.412. The number of benzene rings is 1. The van der Waals surface area contributed by atoms with Gasteiger partial charge in [0.1, 0.15) is 5.75 Å². The Bertz CT molecular complexity index is 718. The molecule has 0 bridgehead atoms. The number of hydrogen-bond donors (Lipinski definition) is 2. The number of ether oxygens (including phenoxy) is 1. The first-order chi connectivity index (χ1) is 12.0. The minimum Gasteiger partial charge on any atom is -0.434 e. The van der Waals surface area contributed by atoms with Gasteiger partial charge < -0.3 is 15.4 Å². The van der Waals surface area contributed by atoms with Gasteiger partial charge >= 0.3 is 6.61 Å². The average molecular weight is 368 g/mol. The largest absolute Gasteiger partial charge is 0.434 e. The Morgan fingerprint density at radius 3 is 2.76 bits per heavy atom. The van der Waals surface area contributed by atoms with E-state index in [-0.39, 0.29) is 5.75 Å². The summed E-state index contributed by atoms with van der Waals surface area (Å²) in [6, 6.07) is 5.11. The number of aromatic nitrogens is 1. The summed E-state index contributed by atoms with van der Waals surface area (Å²) in [5.41, 5.74) is 1.62. The first-order valence-electron chi connectivity index (χ1n) is 7.88. The highest BCUT2D eigenvalue weighted by Gasteiger charge is 2.10. The Labute approximate surface area is 150 Å². The Kier molecular flexibility index (Phi) is 7.12. The van der Waals surface area contributed by atoms with Crippen molar-refractivity contribution in [2.75, 3.05) is 13.6 Å². The third-order valence-electron chi connectivity index (χ3n) is 3.40. The summed E-state index contributed by atoms with van der Waals surface area (Å²) in [5, 5.41) is 7.37. The predicted octanol–water partition coefficient (Wildman–Crippen LogP) is 3.27. The van der Waals surface area contributed by atoms with Gasteiger partial charge in [-0.05, 0) is 19.9 Å². The van der Waals surface area contributed by atoms with Crippen molar-refractivity contribution in [1.29, 1.82) is 0 Å². The molecule has 0 amide bonds. The van der Waals surface area contributed by atoms with Gasteiger partial charge in [-0.3, -0.25) is 4.99 Å². The molecule has 0 aliphatic rings. The maximum atomic E-state index is 12.5. The zero-order chi connectivity index (χ0) is 18.2. The summed E-state index contributed by atoms with van der Waals surface area (Å²) in [5.74, 6) is 0.764. The summed E-state index contributed by atoms with van der Waals surface area (Å²) in [7, 11) is 1.66. The van der Waals surface area contributed by atoms with Crippen LogP contribution in [0.2, 0.25) is 0 Å². The average Bonchev–Trinajstić information content (AvgIpc) is 2.98. The molecule has 1 aromatic heterocycles. The minimum absolute atomic E-state index is 0.168. The Balaban J connectivity index is 1.88. The van der Waals surface area contributed by atoms with E-state index in [2.05, 4.69) is 25.3 Å². The molecule has 0 spiro atoms. The Morgan fingerprint density at radius 2 is 2.12 bits per heavy atom. The van der Waals surface area contributed by atoms with Gasteiger partial charge in [-0.25, -0.2) is 4.98 Å². The van der Waals surface area contributed by atoms with Gasteiger partial charge in [-0.1, -0.05) is 17.7 Å². The Hall–Kier alpha value is -2.22. The SMILES string of the molecule is CN=C(NCCc1ncc(C)s1)NCc1cc(C)ccc1OC(F)F. The molecule has 0 saturated carbocycles. The van der Waals surface area contributed by atoms with Crippen LogP contribution < -0.4 is 15.4 Å². The van der Waals surface area contributed by atoms with Crippen molar-refractivity contribution in [2.45, 2.75) is 33.4 Å². The lowest BCUT2D eigenvalue weighted by molar-refractivity contribution is -0.0504. The van der Waals surface area contributed by atoms with Crippen LogP contribution >= 0.6 is 11.3 Å². The number of halogens is 2. The molecule has 2 aromatic rings. The molecule has 0 aliphatic carbocycles. The highest BCUT2D eigenvalue weighted by Crippen LogP contribution is 2.22. The third-order valence-corrected chi connectivity index (χ3v) is 4.37. The van der Waals surface area contributed by atoms with Crippen LogP contribution in [0.3, 0.4) is 0 Å². The first kappa shape index (κ1) is 19.1. The lowest BCUT2D eigenvalue weighted by atomic mass is 10.1. The summed E-state index contributed by atoms with van der Waals surface area (Å²) in [4.78, 5) is 9.64. The maximum absolute atomic E-state index is 12.5. The summed E-state index contributed by atoms with van der Waals surface area (Å²) < 4.78 is 29.6. The zero-order valence-corrected chi connectivity index (χ0v) is 15.3. The van der Waals surface area contributed by atoms with E-state index in [4.69, 9.17) is 0 Å². The van der Waals surface area contributed by atoms with Crippen LogP contribution in [0.1, 0.15) is 21.0 Å². The van der Waals surface area contributed by atoms with E-state index in [1.165, 1.54) is 4.88 Å². The van der Waals surface area contributed by atoms with Crippen molar-refractivity contribution >= 4 is 17.3 Å². The number of aryl methyl sites for hydroxylation is 2. The van der Waals surface area contributed by atoms with Crippen molar-refractivity contribution in [3.05, 3.63) is 45.4 Å². The second-order valence-corrected chi connectivity index (χ2v) is 6.78. The van der Waals surface area contributed by atoms with Crippen LogP contribution in [0.15, 0.2) is 29.4 Å². The fourth-order valence-corrected chi connectivity index (χ4v) is 3.05. The third kappa shape index (κ3) is 6.30. The van der Waals surface area contributed by atoms with E-state index in [1.54, 1.807) is 30.5 Å². The van der Waals surface area contributed by atoms with E-state index in [0.29, 0.717) is 24.6 Å². The van der Waals surface area contributed by atoms with Crippen molar-refractivity contribution in [2.24, 2.45) is 4.99 Å². The molecule has 5 nitrogen and oxygen atoms in total. The van der Waals surface area contributed by atoms with Crippen LogP contribution in [0.25, 0.3) is 0 Å². The van der Waals surface area contributed by atoms with Crippen LogP contribution in [0.4, 0.5) is 8.78 Å². The van der Waals surface area contributed by atoms with Gasteiger partial charge in [-0.2, -0.15) is 8.78 Å². The zero-order valence-electron chi connectivity index (χ0n) is 14.5. The molecule has 8 heteroatoms. The number of nitrogens with zero attached hydrogens (tertiary/aromatic N) is 2. The summed E-state index contributed by atoms with van der Waals surface area (Å²) in [6.45, 7) is 2.09. The Morgan fingerprint density at radius 1 is 1.32 bits per heavy atom. The number of alkyl halides is 2. The second-order valence-electron chi connectivity index (χ2n) is 5.46. The second kappa shape index (κ2) is 9.31. The molecule has 0 radical (unpaired) electrons. The molecular weight excluding hydrogens is 346 g/mol.